The Morgan fingerprint density at radius 2 is 2.21 bits per heavy atom. The summed E-state index contributed by atoms with van der Waals surface area (Å²) in [4.78, 5) is 10.6. The first-order valence-corrected chi connectivity index (χ1v) is 7.12. The van der Waals surface area contributed by atoms with Crippen molar-refractivity contribution < 1.29 is 13.2 Å². The van der Waals surface area contributed by atoms with Gasteiger partial charge in [-0.15, -0.1) is 0 Å². The first kappa shape index (κ1) is 15.4. The topological polar surface area (TPSA) is 113 Å². The molecule has 0 aliphatic heterocycles. The number of nitrogens with one attached hydrogen (secondary N) is 1. The molecule has 1 amide bonds. The maximum Gasteiger partial charge on any atom is 0.240 e. The average Bonchev–Trinajstić information content (AvgIpc) is 2.26. The van der Waals surface area contributed by atoms with Crippen LogP contribution in [0, 0.1) is 11.3 Å². The van der Waals surface area contributed by atoms with Crippen LogP contribution in [-0.4, -0.2) is 20.4 Å². The predicted octanol–water partition coefficient (Wildman–Crippen LogP) is 0.754. The highest BCUT2D eigenvalue weighted by Crippen LogP contribution is 2.20. The Labute approximate surface area is 116 Å². The fourth-order valence-electron chi connectivity index (χ4n) is 1.43. The molecule has 1 rings (SSSR count). The summed E-state index contributed by atoms with van der Waals surface area (Å²) in [6.45, 7) is 1.52. The van der Waals surface area contributed by atoms with Crippen molar-refractivity contribution in [1.82, 2.24) is 4.72 Å². The third-order valence-corrected chi connectivity index (χ3v) is 4.13. The molecule has 0 aromatic heterocycles. The number of rotatable bonds is 5. The van der Waals surface area contributed by atoms with Gasteiger partial charge in [0.1, 0.15) is 6.07 Å². The monoisotopic (exact) mass is 301 g/mol. The van der Waals surface area contributed by atoms with E-state index in [-0.39, 0.29) is 21.9 Å². The normalized spacial score (nSPS) is 12.7. The van der Waals surface area contributed by atoms with Crippen molar-refractivity contribution in [1.29, 1.82) is 5.26 Å². The summed E-state index contributed by atoms with van der Waals surface area (Å²) in [6.07, 6.45) is -0.108. The molecule has 0 radical (unpaired) electrons. The Balaban J connectivity index is 2.98. The lowest BCUT2D eigenvalue weighted by Crippen LogP contribution is -2.35. The standard InChI is InChI=1S/C11H12ClN3O3S/c1-7(4-11(14)16)15-19(17,18)9-3-2-8(6-13)10(12)5-9/h2-3,5,7,15H,4H2,1H3,(H2,14,16). The van der Waals surface area contributed by atoms with Crippen LogP contribution in [0.3, 0.4) is 0 Å². The Morgan fingerprint density at radius 1 is 1.58 bits per heavy atom. The van der Waals surface area contributed by atoms with Gasteiger partial charge >= 0.3 is 0 Å². The average molecular weight is 302 g/mol. The SMILES string of the molecule is CC(CC(N)=O)NS(=O)(=O)c1ccc(C#N)c(Cl)c1. The highest BCUT2D eigenvalue weighted by molar-refractivity contribution is 7.89. The van der Waals surface area contributed by atoms with Crippen LogP contribution in [0.25, 0.3) is 0 Å². The summed E-state index contributed by atoms with van der Waals surface area (Å²) >= 11 is 5.77. The van der Waals surface area contributed by atoms with Gasteiger partial charge in [0.05, 0.1) is 15.5 Å². The molecule has 19 heavy (non-hydrogen) atoms. The largest absolute Gasteiger partial charge is 0.370 e. The number of amides is 1. The van der Waals surface area contributed by atoms with Crippen molar-refractivity contribution in [2.45, 2.75) is 24.3 Å². The number of hydrogen-bond acceptors (Lipinski definition) is 4. The van der Waals surface area contributed by atoms with E-state index in [0.29, 0.717) is 0 Å². The molecule has 0 aliphatic rings. The molecular weight excluding hydrogens is 290 g/mol. The van der Waals surface area contributed by atoms with Crippen LogP contribution < -0.4 is 10.5 Å². The first-order chi connectivity index (χ1) is 8.76. The zero-order chi connectivity index (χ0) is 14.6. The number of nitriles is 1. The molecule has 0 saturated carbocycles. The van der Waals surface area contributed by atoms with Crippen LogP contribution in [0.2, 0.25) is 5.02 Å². The van der Waals surface area contributed by atoms with Gasteiger partial charge in [-0.1, -0.05) is 11.6 Å². The van der Waals surface area contributed by atoms with E-state index in [4.69, 9.17) is 22.6 Å². The highest BCUT2D eigenvalue weighted by Gasteiger charge is 2.19. The molecular formula is C11H12ClN3O3S. The van der Waals surface area contributed by atoms with E-state index in [1.165, 1.54) is 25.1 Å². The van der Waals surface area contributed by atoms with Gasteiger partial charge in [0.25, 0.3) is 0 Å². The number of nitrogens with two attached hydrogens (primary N) is 1. The van der Waals surface area contributed by atoms with Gasteiger partial charge < -0.3 is 5.73 Å². The maximum absolute atomic E-state index is 12.0. The molecule has 6 nitrogen and oxygen atoms in total. The van der Waals surface area contributed by atoms with Gasteiger partial charge in [-0.2, -0.15) is 5.26 Å². The fraction of sp³-hybridized carbons (Fsp3) is 0.273. The number of benzene rings is 1. The number of sulfonamides is 1. The second-order valence-corrected chi connectivity index (χ2v) is 6.07. The van der Waals surface area contributed by atoms with E-state index in [0.717, 1.165) is 0 Å². The predicted molar refractivity (Wildman–Crippen MR) is 69.8 cm³/mol. The van der Waals surface area contributed by atoms with Crippen LogP contribution in [0.15, 0.2) is 23.1 Å². The molecule has 3 N–H and O–H groups in total. The molecule has 1 unspecified atom stereocenters. The Bertz CT molecular complexity index is 637. The molecule has 1 aromatic carbocycles. The maximum atomic E-state index is 12.0. The molecule has 1 aromatic rings. The van der Waals surface area contributed by atoms with Crippen molar-refractivity contribution in [3.63, 3.8) is 0 Å². The van der Waals surface area contributed by atoms with E-state index in [9.17, 15) is 13.2 Å². The van der Waals surface area contributed by atoms with Gasteiger partial charge in [-0.25, -0.2) is 13.1 Å². The van der Waals surface area contributed by atoms with Crippen LogP contribution in [0.5, 0.6) is 0 Å². The van der Waals surface area contributed by atoms with Gasteiger partial charge in [0, 0.05) is 12.5 Å². The van der Waals surface area contributed by atoms with Crippen molar-refractivity contribution >= 4 is 27.5 Å². The molecule has 0 heterocycles. The quantitative estimate of drug-likeness (QED) is 0.835. The number of carbonyl (C=O) groups is 1. The number of nitrogens with zero attached hydrogens (tertiary/aromatic N) is 1. The van der Waals surface area contributed by atoms with Crippen LogP contribution in [-0.2, 0) is 14.8 Å². The van der Waals surface area contributed by atoms with Gasteiger partial charge in [0.15, 0.2) is 0 Å². The molecule has 0 saturated heterocycles. The summed E-state index contributed by atoms with van der Waals surface area (Å²) in [5.74, 6) is -0.604. The summed E-state index contributed by atoms with van der Waals surface area (Å²) in [5.41, 5.74) is 5.17. The zero-order valence-electron chi connectivity index (χ0n) is 10.1. The minimum absolute atomic E-state index is 0.0490. The Kier molecular flexibility index (Phi) is 4.89. The summed E-state index contributed by atoms with van der Waals surface area (Å²) in [7, 11) is -3.80. The van der Waals surface area contributed by atoms with E-state index in [2.05, 4.69) is 4.72 Å². The lowest BCUT2D eigenvalue weighted by atomic mass is 10.2. The van der Waals surface area contributed by atoms with Crippen molar-refractivity contribution in [2.75, 3.05) is 0 Å². The Hall–Kier alpha value is -1.62. The zero-order valence-corrected chi connectivity index (χ0v) is 11.6. The van der Waals surface area contributed by atoms with Crippen molar-refractivity contribution in [3.05, 3.63) is 28.8 Å². The molecule has 0 bridgehead atoms. The minimum Gasteiger partial charge on any atom is -0.370 e. The number of primary amides is 1. The minimum atomic E-state index is -3.80. The van der Waals surface area contributed by atoms with Gasteiger partial charge in [-0.3, -0.25) is 4.79 Å². The van der Waals surface area contributed by atoms with Crippen LogP contribution in [0.1, 0.15) is 18.9 Å². The molecule has 0 aliphatic carbocycles. The number of hydrogen-bond donors (Lipinski definition) is 2. The van der Waals surface area contributed by atoms with Crippen molar-refractivity contribution in [2.24, 2.45) is 5.73 Å². The third-order valence-electron chi connectivity index (χ3n) is 2.24. The lowest BCUT2D eigenvalue weighted by molar-refractivity contribution is -0.118. The smallest absolute Gasteiger partial charge is 0.240 e. The van der Waals surface area contributed by atoms with E-state index in [1.807, 2.05) is 6.07 Å². The summed E-state index contributed by atoms with van der Waals surface area (Å²) < 4.78 is 26.2. The van der Waals surface area contributed by atoms with Crippen LogP contribution in [0.4, 0.5) is 0 Å². The molecule has 0 fully saturated rings. The number of carbonyl (C=O) groups excluding carboxylic acids is 1. The first-order valence-electron chi connectivity index (χ1n) is 5.26. The fourth-order valence-corrected chi connectivity index (χ4v) is 2.99. The lowest BCUT2D eigenvalue weighted by Gasteiger charge is -2.12. The van der Waals surface area contributed by atoms with E-state index < -0.39 is 22.0 Å². The highest BCUT2D eigenvalue weighted by atomic mass is 35.5. The van der Waals surface area contributed by atoms with Gasteiger partial charge in [0.2, 0.25) is 15.9 Å². The second kappa shape index (κ2) is 6.02. The summed E-state index contributed by atoms with van der Waals surface area (Å²) in [6, 6.07) is 4.97. The second-order valence-electron chi connectivity index (χ2n) is 3.95. The molecule has 8 heteroatoms. The Morgan fingerprint density at radius 3 is 2.68 bits per heavy atom. The summed E-state index contributed by atoms with van der Waals surface area (Å²) in [5, 5.41) is 8.75. The molecule has 0 spiro atoms. The van der Waals surface area contributed by atoms with Gasteiger partial charge in [-0.05, 0) is 25.1 Å². The number of halogens is 1. The molecule has 1 atom stereocenters. The van der Waals surface area contributed by atoms with E-state index >= 15 is 0 Å². The molecule has 102 valence electrons. The van der Waals surface area contributed by atoms with E-state index in [1.54, 1.807) is 0 Å². The van der Waals surface area contributed by atoms with Crippen LogP contribution >= 0.6 is 11.6 Å². The third kappa shape index (κ3) is 4.21. The van der Waals surface area contributed by atoms with Crippen molar-refractivity contribution in [3.8, 4) is 6.07 Å².